The summed E-state index contributed by atoms with van der Waals surface area (Å²) in [5.74, 6) is -0.558. The molecule has 0 radical (unpaired) electrons. The number of carbonyl (C=O) groups is 2. The molecule has 0 spiro atoms. The van der Waals surface area contributed by atoms with E-state index in [1.807, 2.05) is 18.2 Å². The molecule has 4 nitrogen and oxygen atoms in total. The lowest BCUT2D eigenvalue weighted by molar-refractivity contribution is -0.116. The van der Waals surface area contributed by atoms with Crippen LogP contribution in [0.2, 0.25) is 5.02 Å². The fourth-order valence-electron chi connectivity index (χ4n) is 2.02. The van der Waals surface area contributed by atoms with Crippen molar-refractivity contribution in [3.05, 3.63) is 64.7 Å². The van der Waals surface area contributed by atoms with Crippen LogP contribution in [0, 0.1) is 0 Å². The van der Waals surface area contributed by atoms with Gasteiger partial charge in [-0.15, -0.1) is 0 Å². The van der Waals surface area contributed by atoms with Crippen LogP contribution in [0.15, 0.2) is 48.5 Å². The number of amides is 1. The van der Waals surface area contributed by atoms with Crippen molar-refractivity contribution in [1.29, 1.82) is 0 Å². The molecule has 0 unspecified atom stereocenters. The smallest absolute Gasteiger partial charge is 0.337 e. The normalized spacial score (nSPS) is 10.1. The topological polar surface area (TPSA) is 55.4 Å². The van der Waals surface area contributed by atoms with Crippen molar-refractivity contribution in [3.63, 3.8) is 0 Å². The van der Waals surface area contributed by atoms with Gasteiger partial charge < -0.3 is 10.1 Å². The number of ether oxygens (including phenoxy) is 1. The molecule has 1 amide bonds. The van der Waals surface area contributed by atoms with Crippen LogP contribution in [-0.2, 0) is 16.0 Å². The molecular weight excluding hydrogens is 302 g/mol. The number of esters is 1. The Morgan fingerprint density at radius 2 is 1.91 bits per heavy atom. The van der Waals surface area contributed by atoms with Crippen molar-refractivity contribution in [2.75, 3.05) is 12.4 Å². The maximum Gasteiger partial charge on any atom is 0.337 e. The van der Waals surface area contributed by atoms with Gasteiger partial charge in [0.25, 0.3) is 0 Å². The van der Waals surface area contributed by atoms with Gasteiger partial charge in [-0.05, 0) is 42.3 Å². The van der Waals surface area contributed by atoms with Crippen LogP contribution < -0.4 is 5.32 Å². The molecule has 0 saturated carbocycles. The number of benzene rings is 2. The molecule has 0 aliphatic heterocycles. The van der Waals surface area contributed by atoms with Crippen LogP contribution in [0.1, 0.15) is 22.3 Å². The predicted molar refractivity (Wildman–Crippen MR) is 86.2 cm³/mol. The minimum absolute atomic E-state index is 0.123. The first-order chi connectivity index (χ1) is 10.6. The van der Waals surface area contributed by atoms with Crippen LogP contribution in [0.3, 0.4) is 0 Å². The Bertz CT molecular complexity index is 685. The number of hydrogen-bond acceptors (Lipinski definition) is 3. The van der Waals surface area contributed by atoms with Gasteiger partial charge in [0, 0.05) is 17.1 Å². The van der Waals surface area contributed by atoms with Gasteiger partial charge in [0.1, 0.15) is 0 Å². The Morgan fingerprint density at radius 1 is 1.14 bits per heavy atom. The summed E-state index contributed by atoms with van der Waals surface area (Å²) in [5.41, 5.74) is 1.97. The number of nitrogens with one attached hydrogen (secondary N) is 1. The Kier molecular flexibility index (Phi) is 5.55. The summed E-state index contributed by atoms with van der Waals surface area (Å²) in [5, 5.41) is 3.42. The number of rotatable bonds is 5. The summed E-state index contributed by atoms with van der Waals surface area (Å²) < 4.78 is 4.65. The molecule has 0 fully saturated rings. The van der Waals surface area contributed by atoms with E-state index in [1.54, 1.807) is 30.3 Å². The van der Waals surface area contributed by atoms with Crippen LogP contribution in [0.5, 0.6) is 0 Å². The Labute approximate surface area is 134 Å². The first kappa shape index (κ1) is 16.0. The van der Waals surface area contributed by atoms with Gasteiger partial charge in [-0.3, -0.25) is 4.79 Å². The zero-order valence-corrected chi connectivity index (χ0v) is 12.9. The number of carbonyl (C=O) groups excluding carboxylic acids is 2. The van der Waals surface area contributed by atoms with E-state index in [0.29, 0.717) is 29.1 Å². The maximum atomic E-state index is 12.0. The van der Waals surface area contributed by atoms with Gasteiger partial charge >= 0.3 is 5.97 Å². The van der Waals surface area contributed by atoms with Gasteiger partial charge in [0.05, 0.1) is 12.7 Å². The lowest BCUT2D eigenvalue weighted by Gasteiger charge is -2.07. The molecule has 0 saturated heterocycles. The minimum Gasteiger partial charge on any atom is -0.465 e. The SMILES string of the molecule is COC(=O)c1cccc(NC(=O)CCc2cccc(Cl)c2)c1. The van der Waals surface area contributed by atoms with Crippen molar-refractivity contribution in [1.82, 2.24) is 0 Å². The van der Waals surface area contributed by atoms with Crippen molar-refractivity contribution < 1.29 is 14.3 Å². The molecule has 0 bridgehead atoms. The molecule has 0 aromatic heterocycles. The summed E-state index contributed by atoms with van der Waals surface area (Å²) >= 11 is 5.91. The molecule has 0 atom stereocenters. The van der Waals surface area contributed by atoms with Crippen molar-refractivity contribution in [2.24, 2.45) is 0 Å². The van der Waals surface area contributed by atoms with Crippen molar-refractivity contribution >= 4 is 29.2 Å². The van der Waals surface area contributed by atoms with E-state index >= 15 is 0 Å². The lowest BCUT2D eigenvalue weighted by atomic mass is 10.1. The standard InChI is InChI=1S/C17H16ClNO3/c1-22-17(21)13-5-3-7-15(11-13)19-16(20)9-8-12-4-2-6-14(18)10-12/h2-7,10-11H,8-9H2,1H3,(H,19,20). The van der Waals surface area contributed by atoms with E-state index in [1.165, 1.54) is 7.11 Å². The predicted octanol–water partition coefficient (Wildman–Crippen LogP) is 3.70. The molecule has 22 heavy (non-hydrogen) atoms. The van der Waals surface area contributed by atoms with E-state index < -0.39 is 5.97 Å². The van der Waals surface area contributed by atoms with Gasteiger partial charge in [-0.2, -0.15) is 0 Å². The second-order valence-electron chi connectivity index (χ2n) is 4.75. The highest BCUT2D eigenvalue weighted by Crippen LogP contribution is 2.14. The van der Waals surface area contributed by atoms with E-state index in [2.05, 4.69) is 10.1 Å². The highest BCUT2D eigenvalue weighted by molar-refractivity contribution is 6.30. The Hall–Kier alpha value is -2.33. The highest BCUT2D eigenvalue weighted by atomic mass is 35.5. The Balaban J connectivity index is 1.93. The van der Waals surface area contributed by atoms with E-state index in [4.69, 9.17) is 11.6 Å². The van der Waals surface area contributed by atoms with Crippen LogP contribution in [0.25, 0.3) is 0 Å². The third kappa shape index (κ3) is 4.60. The fraction of sp³-hybridized carbons (Fsp3) is 0.176. The van der Waals surface area contributed by atoms with E-state index in [9.17, 15) is 9.59 Å². The molecule has 0 heterocycles. The second-order valence-corrected chi connectivity index (χ2v) is 5.19. The fourth-order valence-corrected chi connectivity index (χ4v) is 2.23. The van der Waals surface area contributed by atoms with E-state index in [0.717, 1.165) is 5.56 Å². The Morgan fingerprint density at radius 3 is 2.64 bits per heavy atom. The average molecular weight is 318 g/mol. The van der Waals surface area contributed by atoms with Crippen molar-refractivity contribution in [3.8, 4) is 0 Å². The molecule has 5 heteroatoms. The first-order valence-corrected chi connectivity index (χ1v) is 7.19. The highest BCUT2D eigenvalue weighted by Gasteiger charge is 2.08. The monoisotopic (exact) mass is 317 g/mol. The zero-order valence-electron chi connectivity index (χ0n) is 12.1. The third-order valence-electron chi connectivity index (χ3n) is 3.10. The van der Waals surface area contributed by atoms with E-state index in [-0.39, 0.29) is 5.91 Å². The molecule has 2 aromatic rings. The number of methoxy groups -OCH3 is 1. The summed E-state index contributed by atoms with van der Waals surface area (Å²) in [7, 11) is 1.32. The quantitative estimate of drug-likeness (QED) is 0.855. The first-order valence-electron chi connectivity index (χ1n) is 6.81. The maximum absolute atomic E-state index is 12.0. The molecule has 114 valence electrons. The molecule has 2 aromatic carbocycles. The summed E-state index contributed by atoms with van der Waals surface area (Å²) in [4.78, 5) is 23.4. The number of anilines is 1. The van der Waals surface area contributed by atoms with Gasteiger partial charge in [0.2, 0.25) is 5.91 Å². The van der Waals surface area contributed by atoms with Crippen molar-refractivity contribution in [2.45, 2.75) is 12.8 Å². The average Bonchev–Trinajstić information content (AvgIpc) is 2.52. The van der Waals surface area contributed by atoms with Gasteiger partial charge in [-0.25, -0.2) is 4.79 Å². The largest absolute Gasteiger partial charge is 0.465 e. The third-order valence-corrected chi connectivity index (χ3v) is 3.33. The molecular formula is C17H16ClNO3. The van der Waals surface area contributed by atoms with Crippen LogP contribution in [0.4, 0.5) is 5.69 Å². The van der Waals surface area contributed by atoms with Crippen LogP contribution in [-0.4, -0.2) is 19.0 Å². The molecule has 1 N–H and O–H groups in total. The number of halogens is 1. The molecule has 0 aliphatic carbocycles. The van der Waals surface area contributed by atoms with Gasteiger partial charge in [-0.1, -0.05) is 29.8 Å². The molecule has 0 aliphatic rings. The van der Waals surface area contributed by atoms with Gasteiger partial charge in [0.15, 0.2) is 0 Å². The number of aryl methyl sites for hydroxylation is 1. The second kappa shape index (κ2) is 7.61. The molecule has 2 rings (SSSR count). The lowest BCUT2D eigenvalue weighted by Crippen LogP contribution is -2.13. The minimum atomic E-state index is -0.435. The van der Waals surface area contributed by atoms with Crippen LogP contribution >= 0.6 is 11.6 Å². The number of hydrogen-bond donors (Lipinski definition) is 1. The zero-order chi connectivity index (χ0) is 15.9. The summed E-state index contributed by atoms with van der Waals surface area (Å²) in [6.07, 6.45) is 0.936. The summed E-state index contributed by atoms with van der Waals surface area (Å²) in [6, 6.07) is 14.1. The summed E-state index contributed by atoms with van der Waals surface area (Å²) in [6.45, 7) is 0.